The van der Waals surface area contributed by atoms with Crippen LogP contribution in [0.4, 0.5) is 5.69 Å². The molecule has 3 aromatic carbocycles. The molecule has 0 heterocycles. The highest BCUT2D eigenvalue weighted by Crippen LogP contribution is 2.32. The van der Waals surface area contributed by atoms with Gasteiger partial charge in [0.05, 0.1) is 22.7 Å². The summed E-state index contributed by atoms with van der Waals surface area (Å²) < 4.78 is 34.2. The van der Waals surface area contributed by atoms with E-state index in [-0.39, 0.29) is 28.1 Å². The van der Waals surface area contributed by atoms with Crippen molar-refractivity contribution in [2.24, 2.45) is 0 Å². The fourth-order valence-electron chi connectivity index (χ4n) is 4.36. The van der Waals surface area contributed by atoms with Crippen molar-refractivity contribution in [2.75, 3.05) is 24.5 Å². The normalized spacial score (nSPS) is 11.9. The quantitative estimate of drug-likeness (QED) is 0.319. The second kappa shape index (κ2) is 13.7. The second-order valence-electron chi connectivity index (χ2n) is 9.41. The predicted molar refractivity (Wildman–Crippen MR) is 158 cm³/mol. The van der Waals surface area contributed by atoms with E-state index in [0.29, 0.717) is 18.7 Å². The fourth-order valence-corrected chi connectivity index (χ4v) is 6.02. The third-order valence-corrected chi connectivity index (χ3v) is 8.73. The van der Waals surface area contributed by atoms with Gasteiger partial charge < -0.3 is 15.0 Å². The van der Waals surface area contributed by atoms with Gasteiger partial charge in [-0.25, -0.2) is 8.42 Å². The minimum Gasteiger partial charge on any atom is -0.495 e. The zero-order chi connectivity index (χ0) is 29.4. The molecule has 10 heteroatoms. The maximum Gasteiger partial charge on any atom is 0.264 e. The molecule has 1 N–H and O–H groups in total. The van der Waals surface area contributed by atoms with Crippen molar-refractivity contribution in [2.45, 2.75) is 51.6 Å². The van der Waals surface area contributed by atoms with Gasteiger partial charge in [0.1, 0.15) is 18.3 Å². The molecule has 0 aliphatic rings. The summed E-state index contributed by atoms with van der Waals surface area (Å²) in [5.74, 6) is -0.454. The van der Waals surface area contributed by atoms with Gasteiger partial charge in [0.2, 0.25) is 11.8 Å². The van der Waals surface area contributed by atoms with Crippen LogP contribution in [0, 0.1) is 13.8 Å². The highest BCUT2D eigenvalue weighted by atomic mass is 35.5. The van der Waals surface area contributed by atoms with E-state index < -0.39 is 28.5 Å². The maximum atomic E-state index is 14.1. The van der Waals surface area contributed by atoms with Crippen molar-refractivity contribution in [3.63, 3.8) is 0 Å². The van der Waals surface area contributed by atoms with Crippen LogP contribution in [0.5, 0.6) is 5.75 Å². The number of anilines is 1. The van der Waals surface area contributed by atoms with Gasteiger partial charge in [-0.05, 0) is 68.7 Å². The molecule has 0 aliphatic carbocycles. The molecule has 214 valence electrons. The number of hydrogen-bond donors (Lipinski definition) is 1. The Hall–Kier alpha value is -3.56. The molecule has 40 heavy (non-hydrogen) atoms. The molecule has 0 radical (unpaired) electrons. The largest absolute Gasteiger partial charge is 0.495 e. The van der Waals surface area contributed by atoms with Gasteiger partial charge in [0, 0.05) is 13.1 Å². The average molecular weight is 586 g/mol. The Morgan fingerprint density at radius 1 is 1.00 bits per heavy atom. The maximum absolute atomic E-state index is 14.1. The number of amides is 2. The lowest BCUT2D eigenvalue weighted by molar-refractivity contribution is -0.140. The number of aryl methyl sites for hydroxylation is 2. The van der Waals surface area contributed by atoms with Crippen molar-refractivity contribution in [3.8, 4) is 5.75 Å². The second-order valence-corrected chi connectivity index (χ2v) is 11.7. The number of halogens is 1. The molecule has 0 fully saturated rings. The van der Waals surface area contributed by atoms with Crippen LogP contribution in [-0.2, 0) is 26.2 Å². The van der Waals surface area contributed by atoms with Crippen molar-refractivity contribution in [3.05, 3.63) is 88.4 Å². The summed E-state index contributed by atoms with van der Waals surface area (Å²) in [5.41, 5.74) is 2.91. The molecule has 3 aromatic rings. The van der Waals surface area contributed by atoms with Crippen molar-refractivity contribution in [1.82, 2.24) is 10.2 Å². The summed E-state index contributed by atoms with van der Waals surface area (Å²) in [5, 5.41) is 3.00. The van der Waals surface area contributed by atoms with Crippen LogP contribution in [0.25, 0.3) is 0 Å². The van der Waals surface area contributed by atoms with Crippen molar-refractivity contribution >= 4 is 39.1 Å². The summed E-state index contributed by atoms with van der Waals surface area (Å²) in [7, 11) is -2.73. The van der Waals surface area contributed by atoms with E-state index in [2.05, 4.69) is 5.32 Å². The Kier molecular flexibility index (Phi) is 10.6. The van der Waals surface area contributed by atoms with Crippen LogP contribution in [0.3, 0.4) is 0 Å². The van der Waals surface area contributed by atoms with Gasteiger partial charge in [-0.3, -0.25) is 13.9 Å². The number of hydrogen-bond acceptors (Lipinski definition) is 5. The first-order chi connectivity index (χ1) is 19.0. The van der Waals surface area contributed by atoms with E-state index in [0.717, 1.165) is 21.0 Å². The summed E-state index contributed by atoms with van der Waals surface area (Å²) >= 11 is 6.37. The number of nitrogens with zero attached hydrogens (tertiary/aromatic N) is 2. The van der Waals surface area contributed by atoms with Crippen molar-refractivity contribution < 1.29 is 22.7 Å². The first-order valence-electron chi connectivity index (χ1n) is 13.1. The summed E-state index contributed by atoms with van der Waals surface area (Å²) in [4.78, 5) is 28.6. The fraction of sp³-hybridized carbons (Fsp3) is 0.333. The minimum atomic E-state index is -4.19. The van der Waals surface area contributed by atoms with Gasteiger partial charge in [-0.1, -0.05) is 60.5 Å². The molecule has 0 aromatic heterocycles. The smallest absolute Gasteiger partial charge is 0.264 e. The Balaban J connectivity index is 2.11. The number of nitrogens with one attached hydrogen (secondary N) is 1. The number of carbonyl (C=O) groups excluding carboxylic acids is 2. The molecular formula is C30H36ClN3O5S. The van der Waals surface area contributed by atoms with Crippen molar-refractivity contribution in [1.29, 1.82) is 0 Å². The number of likely N-dealkylation sites (N-methyl/N-ethyl adjacent to an activating group) is 1. The number of rotatable bonds is 12. The SMILES string of the molecule is CCNC(=O)[C@H](CC)N(Cc1ccccc1C)C(=O)CN(c1ccc(OC)c(Cl)c1)S(=O)(=O)c1ccc(C)cc1. The highest BCUT2D eigenvalue weighted by Gasteiger charge is 2.34. The van der Waals surface area contributed by atoms with Gasteiger partial charge in [-0.2, -0.15) is 0 Å². The average Bonchev–Trinajstić information content (AvgIpc) is 2.92. The summed E-state index contributed by atoms with van der Waals surface area (Å²) in [6, 6.07) is 17.7. The van der Waals surface area contributed by atoms with Crippen LogP contribution >= 0.6 is 11.6 Å². The lowest BCUT2D eigenvalue weighted by Crippen LogP contribution is -2.52. The van der Waals surface area contributed by atoms with Crippen LogP contribution in [0.1, 0.15) is 37.0 Å². The Labute approximate surface area is 241 Å². The van der Waals surface area contributed by atoms with Gasteiger partial charge in [-0.15, -0.1) is 0 Å². The van der Waals surface area contributed by atoms with Gasteiger partial charge in [0.15, 0.2) is 0 Å². The number of benzene rings is 3. The molecule has 0 unspecified atom stereocenters. The molecule has 0 saturated carbocycles. The van der Waals surface area contributed by atoms with Crippen LogP contribution in [0.15, 0.2) is 71.6 Å². The lowest BCUT2D eigenvalue weighted by Gasteiger charge is -2.33. The molecule has 3 rings (SSSR count). The number of carbonyl (C=O) groups is 2. The number of ether oxygens (including phenoxy) is 1. The molecule has 0 saturated heterocycles. The van der Waals surface area contributed by atoms with E-state index in [4.69, 9.17) is 16.3 Å². The standard InChI is InChI=1S/C30H36ClN3O5S/c1-6-27(30(36)32-7-2)33(19-23-11-9-8-10-22(23)4)29(35)20-34(24-14-17-28(39-5)26(31)18-24)40(37,38)25-15-12-21(3)13-16-25/h8-18,27H,6-7,19-20H2,1-5H3,(H,32,36)/t27-/m0/s1. The monoisotopic (exact) mass is 585 g/mol. The minimum absolute atomic E-state index is 0.0269. The third kappa shape index (κ3) is 7.14. The highest BCUT2D eigenvalue weighted by molar-refractivity contribution is 7.92. The van der Waals surface area contributed by atoms with E-state index in [9.17, 15) is 18.0 Å². The van der Waals surface area contributed by atoms with Crippen LogP contribution < -0.4 is 14.4 Å². The zero-order valence-electron chi connectivity index (χ0n) is 23.5. The van der Waals surface area contributed by atoms with Gasteiger partial charge in [0.25, 0.3) is 10.0 Å². The molecule has 2 amide bonds. The molecule has 0 bridgehead atoms. The Morgan fingerprint density at radius 3 is 2.25 bits per heavy atom. The van der Waals surface area contributed by atoms with Gasteiger partial charge >= 0.3 is 0 Å². The summed E-state index contributed by atoms with van der Waals surface area (Å²) in [6.07, 6.45) is 0.350. The zero-order valence-corrected chi connectivity index (χ0v) is 25.1. The molecular weight excluding hydrogens is 550 g/mol. The van der Waals surface area contributed by atoms with E-state index in [1.54, 1.807) is 25.1 Å². The summed E-state index contributed by atoms with van der Waals surface area (Å²) in [6.45, 7) is 7.42. The van der Waals surface area contributed by atoms with E-state index in [1.165, 1.54) is 36.3 Å². The first kappa shape index (κ1) is 31.0. The number of methoxy groups -OCH3 is 1. The molecule has 8 nitrogen and oxygen atoms in total. The first-order valence-corrected chi connectivity index (χ1v) is 14.9. The predicted octanol–water partition coefficient (Wildman–Crippen LogP) is 5.10. The van der Waals surface area contributed by atoms with Crippen LogP contribution in [-0.4, -0.2) is 51.4 Å². The topological polar surface area (TPSA) is 96.0 Å². The molecule has 0 aliphatic heterocycles. The molecule has 0 spiro atoms. The molecule has 1 atom stereocenters. The third-order valence-electron chi connectivity index (χ3n) is 6.65. The van der Waals surface area contributed by atoms with Crippen LogP contribution in [0.2, 0.25) is 5.02 Å². The Bertz CT molecular complexity index is 1440. The number of sulfonamides is 1. The lowest BCUT2D eigenvalue weighted by atomic mass is 10.1. The van der Waals surface area contributed by atoms with E-state index in [1.807, 2.05) is 45.0 Å². The Morgan fingerprint density at radius 2 is 1.68 bits per heavy atom. The van der Waals surface area contributed by atoms with E-state index >= 15 is 0 Å².